The van der Waals surface area contributed by atoms with E-state index >= 15 is 0 Å². The third kappa shape index (κ3) is 4.71. The van der Waals surface area contributed by atoms with Crippen LogP contribution in [-0.2, 0) is 15.7 Å². The highest BCUT2D eigenvalue weighted by Gasteiger charge is 2.16. The number of aliphatic hydroxyl groups excluding tert-OH is 1. The molecule has 0 radical (unpaired) electrons. The van der Waals surface area contributed by atoms with Gasteiger partial charge in [-0.3, -0.25) is 4.79 Å². The van der Waals surface area contributed by atoms with Crippen molar-refractivity contribution >= 4 is 16.9 Å². The fourth-order valence-corrected chi connectivity index (χ4v) is 0.994. The number of carbonyl (C=O) groups is 1. The van der Waals surface area contributed by atoms with Crippen molar-refractivity contribution in [2.75, 3.05) is 6.61 Å². The predicted octanol–water partition coefficient (Wildman–Crippen LogP) is -2.06. The molecule has 6 nitrogen and oxygen atoms in total. The molecule has 0 fully saturated rings. The molecule has 0 aliphatic rings. The Bertz CT molecular complexity index is 193. The van der Waals surface area contributed by atoms with E-state index in [0.29, 0.717) is 0 Å². The number of hydrogen-bond donors (Lipinski definition) is 4. The monoisotopic (exact) mass is 183 g/mol. The average molecular weight is 183 g/mol. The fraction of sp³-hybridized carbons (Fsp3) is 0.750. The van der Waals surface area contributed by atoms with Crippen molar-refractivity contribution < 1.29 is 23.4 Å². The summed E-state index contributed by atoms with van der Waals surface area (Å²) >= 11 is 0. The van der Waals surface area contributed by atoms with Gasteiger partial charge in [0, 0.05) is 6.61 Å². The number of aliphatic carboxylic acids is 1. The van der Waals surface area contributed by atoms with Crippen LogP contribution in [0.3, 0.4) is 0 Å². The normalized spacial score (nSPS) is 13.3. The van der Waals surface area contributed by atoms with Crippen LogP contribution in [0.25, 0.3) is 0 Å². The Hall–Kier alpha value is -0.660. The van der Waals surface area contributed by atoms with Crippen molar-refractivity contribution in [2.24, 2.45) is 0 Å². The van der Waals surface area contributed by atoms with Crippen LogP contribution in [0.1, 0.15) is 6.42 Å². The molecule has 0 saturated carbocycles. The molecule has 11 heavy (non-hydrogen) atoms. The number of aliphatic hydroxyl groups is 1. The molecule has 0 saturated heterocycles. The van der Waals surface area contributed by atoms with Crippen molar-refractivity contribution in [3.8, 4) is 0 Å². The van der Waals surface area contributed by atoms with Crippen LogP contribution in [-0.4, -0.2) is 37.2 Å². The van der Waals surface area contributed by atoms with Gasteiger partial charge in [-0.15, -0.1) is 0 Å². The third-order valence-corrected chi connectivity index (χ3v) is 1.50. The molecule has 3 N–H and O–H groups in total. The molecule has 0 rings (SSSR count). The summed E-state index contributed by atoms with van der Waals surface area (Å²) in [6.07, 6.45) is -0.126. The number of rotatable bonds is 5. The molecule has 0 aliphatic heterocycles. The number of nitrogens with one attached hydrogen (secondary N) is 1. The van der Waals surface area contributed by atoms with E-state index in [2.05, 4.69) is 0 Å². The molecule has 0 aliphatic carbocycles. The van der Waals surface area contributed by atoms with E-state index in [4.69, 9.17) is 10.2 Å². The largest absolute Gasteiger partial charge is 0.480 e. The Kier molecular flexibility index (Phi) is 4.75. The second kappa shape index (κ2) is 5.05. The van der Waals surface area contributed by atoms with Crippen molar-refractivity contribution in [2.45, 2.75) is 12.5 Å². The van der Waals surface area contributed by atoms with Gasteiger partial charge < -0.3 is 10.2 Å². The Labute approximate surface area is 64.9 Å². The lowest BCUT2D eigenvalue weighted by molar-refractivity contribution is -0.139. The summed E-state index contributed by atoms with van der Waals surface area (Å²) in [5, 5.41) is 16.6. The molecule has 66 valence electrons. The Morgan fingerprint density at radius 3 is 2.36 bits per heavy atom. The van der Waals surface area contributed by atoms with E-state index in [1.165, 1.54) is 0 Å². The first-order chi connectivity index (χ1) is 5.07. The number of hydrogen-bond acceptors (Lipinski definition) is 4. The highest BCUT2D eigenvalue weighted by atomic mass is 32.2. The Morgan fingerprint density at radius 1 is 1.55 bits per heavy atom. The summed E-state index contributed by atoms with van der Waals surface area (Å²) in [5.41, 5.74) is 0. The van der Waals surface area contributed by atoms with E-state index in [1.807, 2.05) is 0 Å². The van der Waals surface area contributed by atoms with Gasteiger partial charge in [-0.1, -0.05) is 0 Å². The summed E-state index contributed by atoms with van der Waals surface area (Å²) in [4.78, 5) is 10.2. The van der Waals surface area contributed by atoms with Gasteiger partial charge in [-0.05, 0) is 6.42 Å². The minimum atomic E-state index is -2.93. The van der Waals surface area contributed by atoms with Crippen molar-refractivity contribution in [3.63, 3.8) is 0 Å². The average Bonchev–Trinajstić information content (AvgIpc) is 1.86. The molecule has 0 bridgehead atoms. The Balaban J connectivity index is 3.99. The van der Waals surface area contributed by atoms with Gasteiger partial charge in [0.05, 0.1) is 0 Å². The zero-order valence-corrected chi connectivity index (χ0v) is 6.45. The van der Waals surface area contributed by atoms with E-state index < -0.39 is 22.9 Å². The summed E-state index contributed by atoms with van der Waals surface area (Å²) in [6.45, 7) is -0.368. The standard InChI is InChI=1S/C4H9NO5S/c6-2-1-3(4(7)8)5-11(9)10/h3,6,11H,1-2H2,(H,7,8)(H,5,9,10)/t3-/m0/s1. The molecule has 0 heterocycles. The highest BCUT2D eigenvalue weighted by Crippen LogP contribution is 1.89. The van der Waals surface area contributed by atoms with Gasteiger partial charge in [0.25, 0.3) is 0 Å². The molecule has 7 heteroatoms. The molecule has 0 aromatic carbocycles. The number of carboxylic acid groups (broad SMARTS) is 1. The van der Waals surface area contributed by atoms with E-state index in [0.717, 1.165) is 0 Å². The minimum absolute atomic E-state index is 0.126. The molecule has 1 atom stereocenters. The topological polar surface area (TPSA) is 104 Å². The van der Waals surface area contributed by atoms with Gasteiger partial charge >= 0.3 is 5.97 Å². The lowest BCUT2D eigenvalue weighted by Crippen LogP contribution is -2.36. The molecule has 0 amide bonds. The van der Waals surface area contributed by atoms with Crippen LogP contribution >= 0.6 is 0 Å². The molecular weight excluding hydrogens is 174 g/mol. The van der Waals surface area contributed by atoms with E-state index in [9.17, 15) is 13.2 Å². The van der Waals surface area contributed by atoms with Gasteiger partial charge in [-0.2, -0.15) is 0 Å². The summed E-state index contributed by atoms with van der Waals surface area (Å²) < 4.78 is 21.7. The van der Waals surface area contributed by atoms with Gasteiger partial charge in [0.1, 0.15) is 6.04 Å². The maximum atomic E-state index is 10.2. The molecule has 0 unspecified atom stereocenters. The summed E-state index contributed by atoms with van der Waals surface area (Å²) in [7, 11) is -2.93. The van der Waals surface area contributed by atoms with E-state index in [-0.39, 0.29) is 13.0 Å². The lowest BCUT2D eigenvalue weighted by atomic mass is 10.2. The lowest BCUT2D eigenvalue weighted by Gasteiger charge is -2.06. The first kappa shape index (κ1) is 10.3. The number of thiol groups is 1. The van der Waals surface area contributed by atoms with Crippen molar-refractivity contribution in [1.82, 2.24) is 4.72 Å². The smallest absolute Gasteiger partial charge is 0.321 e. The predicted molar refractivity (Wildman–Crippen MR) is 36.6 cm³/mol. The zero-order chi connectivity index (χ0) is 8.85. The molecular formula is C4H9NO5S. The van der Waals surface area contributed by atoms with Crippen LogP contribution < -0.4 is 4.72 Å². The highest BCUT2D eigenvalue weighted by molar-refractivity contribution is 7.70. The van der Waals surface area contributed by atoms with Gasteiger partial charge in [0.2, 0.25) is 10.9 Å². The quantitative estimate of drug-likeness (QED) is 0.367. The van der Waals surface area contributed by atoms with Crippen LogP contribution in [0.2, 0.25) is 0 Å². The molecule has 0 spiro atoms. The van der Waals surface area contributed by atoms with Crippen LogP contribution in [0.15, 0.2) is 0 Å². The SMILES string of the molecule is O=C(O)[C@H](CCO)N[SH](=O)=O. The summed E-state index contributed by atoms with van der Waals surface area (Å²) in [5.74, 6) is -1.29. The maximum absolute atomic E-state index is 10.2. The van der Waals surface area contributed by atoms with Crippen LogP contribution in [0, 0.1) is 0 Å². The van der Waals surface area contributed by atoms with Crippen LogP contribution in [0.5, 0.6) is 0 Å². The Morgan fingerprint density at radius 2 is 2.09 bits per heavy atom. The zero-order valence-electron chi connectivity index (χ0n) is 5.56. The fourth-order valence-electron chi connectivity index (χ4n) is 0.500. The second-order valence-corrected chi connectivity index (χ2v) is 2.56. The van der Waals surface area contributed by atoms with Gasteiger partial charge in [-0.25, -0.2) is 13.1 Å². The van der Waals surface area contributed by atoms with Crippen LogP contribution in [0.4, 0.5) is 0 Å². The van der Waals surface area contributed by atoms with Crippen molar-refractivity contribution in [3.05, 3.63) is 0 Å². The second-order valence-electron chi connectivity index (χ2n) is 1.79. The first-order valence-corrected chi connectivity index (χ1v) is 4.00. The van der Waals surface area contributed by atoms with Gasteiger partial charge in [0.15, 0.2) is 0 Å². The van der Waals surface area contributed by atoms with Crippen molar-refractivity contribution in [1.29, 1.82) is 0 Å². The molecule has 0 aromatic rings. The number of carboxylic acids is 1. The maximum Gasteiger partial charge on any atom is 0.321 e. The minimum Gasteiger partial charge on any atom is -0.480 e. The third-order valence-electron chi connectivity index (χ3n) is 0.977. The summed E-state index contributed by atoms with van der Waals surface area (Å²) in [6, 6.07) is -1.22. The van der Waals surface area contributed by atoms with E-state index in [1.54, 1.807) is 4.72 Å². The first-order valence-electron chi connectivity index (χ1n) is 2.82. The molecule has 0 aromatic heterocycles.